The summed E-state index contributed by atoms with van der Waals surface area (Å²) in [4.78, 5) is 12.1. The first kappa shape index (κ1) is 16.5. The van der Waals surface area contributed by atoms with Gasteiger partial charge in [-0.2, -0.15) is 5.10 Å². The molecule has 0 saturated heterocycles. The van der Waals surface area contributed by atoms with Crippen molar-refractivity contribution < 1.29 is 4.79 Å². The second-order valence-corrected chi connectivity index (χ2v) is 7.17. The van der Waals surface area contributed by atoms with Crippen LogP contribution in [0.1, 0.15) is 69.8 Å². The maximum absolute atomic E-state index is 12.1. The summed E-state index contributed by atoms with van der Waals surface area (Å²) in [6.07, 6.45) is 16.6. The summed E-state index contributed by atoms with van der Waals surface area (Å²) in [5, 5.41) is 13.8. The smallest absolute Gasteiger partial charge is 0.220 e. The number of aryl methyl sites for hydroxylation is 1. The van der Waals surface area contributed by atoms with Gasteiger partial charge in [-0.3, -0.25) is 9.89 Å². The van der Waals surface area contributed by atoms with E-state index in [2.05, 4.69) is 20.8 Å². The Morgan fingerprint density at radius 2 is 1.91 bits per heavy atom. The summed E-state index contributed by atoms with van der Waals surface area (Å²) in [6.45, 7) is 0. The average molecular weight is 318 g/mol. The van der Waals surface area contributed by atoms with Crippen LogP contribution in [-0.2, 0) is 11.2 Å². The molecule has 0 spiro atoms. The Kier molecular flexibility index (Phi) is 6.08. The van der Waals surface area contributed by atoms with Crippen LogP contribution < -0.4 is 10.6 Å². The van der Waals surface area contributed by atoms with Crippen LogP contribution in [0.4, 0.5) is 0 Å². The predicted octanol–water partition coefficient (Wildman–Crippen LogP) is 2.69. The molecule has 2 aliphatic carbocycles. The Labute approximate surface area is 139 Å². The molecule has 2 atom stereocenters. The van der Waals surface area contributed by atoms with E-state index in [1.54, 1.807) is 0 Å². The number of aromatic nitrogens is 2. The standard InChI is InChI=1S/C18H30N4O/c23-18(9-5-6-14-12-19-20-13-14)22-17-11-10-16(17)21-15-7-3-1-2-4-8-15/h12-13,15-17,21H,1-11H2,(H,19,20)(H,22,23)/t16-,17+/m1/s1. The first-order chi connectivity index (χ1) is 11.3. The number of hydrogen-bond acceptors (Lipinski definition) is 3. The lowest BCUT2D eigenvalue weighted by Crippen LogP contribution is -2.58. The second-order valence-electron chi connectivity index (χ2n) is 7.17. The number of H-pyrrole nitrogens is 1. The van der Waals surface area contributed by atoms with E-state index >= 15 is 0 Å². The van der Waals surface area contributed by atoms with E-state index < -0.39 is 0 Å². The Morgan fingerprint density at radius 3 is 2.57 bits per heavy atom. The fraction of sp³-hybridized carbons (Fsp3) is 0.778. The Morgan fingerprint density at radius 1 is 1.13 bits per heavy atom. The molecule has 5 heteroatoms. The molecule has 5 nitrogen and oxygen atoms in total. The molecule has 1 aromatic heterocycles. The van der Waals surface area contributed by atoms with Crippen LogP contribution in [0.3, 0.4) is 0 Å². The number of amides is 1. The largest absolute Gasteiger partial charge is 0.352 e. The third-order valence-corrected chi connectivity index (χ3v) is 5.35. The molecule has 1 amide bonds. The number of rotatable bonds is 7. The van der Waals surface area contributed by atoms with E-state index in [0.29, 0.717) is 24.5 Å². The summed E-state index contributed by atoms with van der Waals surface area (Å²) in [5.74, 6) is 0.200. The van der Waals surface area contributed by atoms with E-state index in [1.807, 2.05) is 12.4 Å². The maximum atomic E-state index is 12.1. The van der Waals surface area contributed by atoms with Crippen LogP contribution in [0.15, 0.2) is 12.4 Å². The summed E-state index contributed by atoms with van der Waals surface area (Å²) in [6, 6.07) is 1.51. The lowest BCUT2D eigenvalue weighted by atomic mass is 9.85. The first-order valence-corrected chi connectivity index (χ1v) is 9.34. The normalized spacial score (nSPS) is 25.6. The zero-order valence-electron chi connectivity index (χ0n) is 14.0. The fourth-order valence-corrected chi connectivity index (χ4v) is 3.77. The highest BCUT2D eigenvalue weighted by atomic mass is 16.1. The fourth-order valence-electron chi connectivity index (χ4n) is 3.77. The monoisotopic (exact) mass is 318 g/mol. The van der Waals surface area contributed by atoms with Crippen molar-refractivity contribution in [1.82, 2.24) is 20.8 Å². The van der Waals surface area contributed by atoms with Gasteiger partial charge in [0.1, 0.15) is 0 Å². The van der Waals surface area contributed by atoms with Crippen LogP contribution in [-0.4, -0.2) is 34.2 Å². The zero-order valence-corrected chi connectivity index (χ0v) is 14.0. The van der Waals surface area contributed by atoms with Gasteiger partial charge in [-0.25, -0.2) is 0 Å². The van der Waals surface area contributed by atoms with Crippen LogP contribution in [0.5, 0.6) is 0 Å². The molecule has 0 unspecified atom stereocenters. The average Bonchev–Trinajstić information content (AvgIpc) is 2.91. The second kappa shape index (κ2) is 8.48. The predicted molar refractivity (Wildman–Crippen MR) is 91.1 cm³/mol. The van der Waals surface area contributed by atoms with E-state index in [-0.39, 0.29) is 5.91 Å². The lowest BCUT2D eigenvalue weighted by Gasteiger charge is -2.40. The van der Waals surface area contributed by atoms with Crippen LogP contribution in [0, 0.1) is 0 Å². The topological polar surface area (TPSA) is 69.8 Å². The number of carbonyl (C=O) groups excluding carboxylic acids is 1. The Hall–Kier alpha value is -1.36. The summed E-state index contributed by atoms with van der Waals surface area (Å²) < 4.78 is 0. The van der Waals surface area contributed by atoms with Crippen molar-refractivity contribution in [2.45, 2.75) is 88.8 Å². The number of hydrogen-bond donors (Lipinski definition) is 3. The highest BCUT2D eigenvalue weighted by Crippen LogP contribution is 2.24. The van der Waals surface area contributed by atoms with Crippen molar-refractivity contribution in [3.8, 4) is 0 Å². The summed E-state index contributed by atoms with van der Waals surface area (Å²) >= 11 is 0. The van der Waals surface area contributed by atoms with Crippen molar-refractivity contribution >= 4 is 5.91 Å². The van der Waals surface area contributed by atoms with E-state index in [4.69, 9.17) is 0 Å². The molecule has 3 rings (SSSR count). The molecule has 2 fully saturated rings. The van der Waals surface area contributed by atoms with Crippen molar-refractivity contribution in [3.05, 3.63) is 18.0 Å². The molecule has 1 heterocycles. The molecule has 0 aromatic carbocycles. The molecule has 0 bridgehead atoms. The maximum Gasteiger partial charge on any atom is 0.220 e. The number of carbonyl (C=O) groups is 1. The minimum Gasteiger partial charge on any atom is -0.352 e. The summed E-state index contributed by atoms with van der Waals surface area (Å²) in [5.41, 5.74) is 1.18. The number of nitrogens with zero attached hydrogens (tertiary/aromatic N) is 1. The van der Waals surface area contributed by atoms with Gasteiger partial charge in [0.05, 0.1) is 6.20 Å². The van der Waals surface area contributed by atoms with Crippen molar-refractivity contribution in [1.29, 1.82) is 0 Å². The molecule has 2 aliphatic rings. The van der Waals surface area contributed by atoms with Crippen molar-refractivity contribution in [3.63, 3.8) is 0 Å². The van der Waals surface area contributed by atoms with Gasteiger partial charge in [0.15, 0.2) is 0 Å². The molecule has 1 aromatic rings. The molecule has 23 heavy (non-hydrogen) atoms. The van der Waals surface area contributed by atoms with Gasteiger partial charge in [0.2, 0.25) is 5.91 Å². The minimum atomic E-state index is 0.200. The molecular weight excluding hydrogens is 288 g/mol. The van der Waals surface area contributed by atoms with Crippen LogP contribution in [0.2, 0.25) is 0 Å². The molecule has 0 aliphatic heterocycles. The first-order valence-electron chi connectivity index (χ1n) is 9.34. The van der Waals surface area contributed by atoms with Gasteiger partial charge in [0.25, 0.3) is 0 Å². The van der Waals surface area contributed by atoms with Gasteiger partial charge in [-0.15, -0.1) is 0 Å². The molecular formula is C18H30N4O. The number of aromatic amines is 1. The Balaban J connectivity index is 1.33. The minimum absolute atomic E-state index is 0.200. The third-order valence-electron chi connectivity index (χ3n) is 5.35. The van der Waals surface area contributed by atoms with Gasteiger partial charge in [-0.1, -0.05) is 25.7 Å². The number of nitrogens with one attached hydrogen (secondary N) is 3. The van der Waals surface area contributed by atoms with E-state index in [1.165, 1.54) is 50.5 Å². The van der Waals surface area contributed by atoms with Gasteiger partial charge in [-0.05, 0) is 44.1 Å². The molecule has 0 radical (unpaired) electrons. The quantitative estimate of drug-likeness (QED) is 0.677. The molecule has 3 N–H and O–H groups in total. The van der Waals surface area contributed by atoms with Gasteiger partial charge < -0.3 is 10.6 Å². The van der Waals surface area contributed by atoms with Crippen molar-refractivity contribution in [2.24, 2.45) is 0 Å². The van der Waals surface area contributed by atoms with Gasteiger partial charge in [0, 0.05) is 30.7 Å². The highest BCUT2D eigenvalue weighted by Gasteiger charge is 2.33. The van der Waals surface area contributed by atoms with Crippen LogP contribution >= 0.6 is 0 Å². The zero-order chi connectivity index (χ0) is 15.9. The van der Waals surface area contributed by atoms with Gasteiger partial charge >= 0.3 is 0 Å². The van der Waals surface area contributed by atoms with E-state index in [9.17, 15) is 4.79 Å². The lowest BCUT2D eigenvalue weighted by molar-refractivity contribution is -0.122. The molecule has 128 valence electrons. The third kappa shape index (κ3) is 5.06. The summed E-state index contributed by atoms with van der Waals surface area (Å²) in [7, 11) is 0. The van der Waals surface area contributed by atoms with Crippen molar-refractivity contribution in [2.75, 3.05) is 0 Å². The Bertz CT molecular complexity index is 465. The highest BCUT2D eigenvalue weighted by molar-refractivity contribution is 5.76. The van der Waals surface area contributed by atoms with E-state index in [0.717, 1.165) is 19.3 Å². The molecule has 2 saturated carbocycles. The van der Waals surface area contributed by atoms with Crippen LogP contribution in [0.25, 0.3) is 0 Å². The SMILES string of the molecule is O=C(CCCc1cn[nH]c1)N[C@H]1CC[C@H]1NC1CCCCCC1.